The van der Waals surface area contributed by atoms with E-state index in [9.17, 15) is 0 Å². The molecule has 5 heteroatoms. The molecular weight excluding hydrogens is 329 g/mol. The van der Waals surface area contributed by atoms with Gasteiger partial charge in [-0.15, -0.1) is 9.24 Å². The molecule has 0 radical (unpaired) electrons. The summed E-state index contributed by atoms with van der Waals surface area (Å²) >= 11 is 0. The average Bonchev–Trinajstić information content (AvgIpc) is 3.35. The molecule has 0 aliphatic heterocycles. The molecule has 1 aliphatic rings. The van der Waals surface area contributed by atoms with Gasteiger partial charge in [0.25, 0.3) is 0 Å². The summed E-state index contributed by atoms with van der Waals surface area (Å²) in [6, 6.07) is 10.4. The number of rotatable bonds is 5. The summed E-state index contributed by atoms with van der Waals surface area (Å²) in [7, 11) is 4.76. The zero-order valence-corrected chi connectivity index (χ0v) is 15.7. The van der Waals surface area contributed by atoms with Gasteiger partial charge in [-0.1, -0.05) is 6.07 Å². The molecule has 1 saturated carbocycles. The lowest BCUT2D eigenvalue weighted by atomic mass is 10.1. The number of hydrogen-bond acceptors (Lipinski definition) is 3. The number of imidazole rings is 1. The minimum atomic E-state index is 0.713. The first-order valence-electron chi connectivity index (χ1n) is 8.59. The Kier molecular flexibility index (Phi) is 4.30. The van der Waals surface area contributed by atoms with Crippen molar-refractivity contribution >= 4 is 14.5 Å². The maximum Gasteiger partial charge on any atom is 0.129 e. The highest BCUT2D eigenvalue weighted by Crippen LogP contribution is 2.37. The van der Waals surface area contributed by atoms with E-state index < -0.39 is 0 Å². The van der Waals surface area contributed by atoms with Crippen molar-refractivity contribution in [2.24, 2.45) is 13.0 Å². The Morgan fingerprint density at radius 3 is 2.80 bits per heavy atom. The number of aryl methyl sites for hydroxylation is 2. The van der Waals surface area contributed by atoms with Crippen LogP contribution in [0.5, 0.6) is 5.75 Å². The predicted molar refractivity (Wildman–Crippen MR) is 104 cm³/mol. The summed E-state index contributed by atoms with van der Waals surface area (Å²) in [4.78, 5) is 9.13. The molecule has 0 spiro atoms. The quantitative estimate of drug-likeness (QED) is 0.658. The van der Waals surface area contributed by atoms with Crippen LogP contribution < -0.4 is 10.0 Å². The molecule has 1 aromatic carbocycles. The molecule has 1 atom stereocenters. The maximum absolute atomic E-state index is 6.16. The van der Waals surface area contributed by atoms with Crippen LogP contribution in [-0.4, -0.2) is 21.1 Å². The summed E-state index contributed by atoms with van der Waals surface area (Å²) in [5.41, 5.74) is 5.05. The lowest BCUT2D eigenvalue weighted by Crippen LogP contribution is -2.04. The predicted octanol–water partition coefficient (Wildman–Crippen LogP) is 3.75. The van der Waals surface area contributed by atoms with Crippen molar-refractivity contribution in [2.75, 3.05) is 6.61 Å². The zero-order chi connectivity index (χ0) is 17.4. The van der Waals surface area contributed by atoms with Crippen LogP contribution >= 0.6 is 9.24 Å². The highest BCUT2D eigenvalue weighted by atomic mass is 31.0. The van der Waals surface area contributed by atoms with Gasteiger partial charge in [0.1, 0.15) is 11.4 Å². The standard InChI is InChI=1S/C20H22N3OP/c1-13-7-8-21-17(9-13)19-20(23(2)12-22-19)16-6-5-15(25)10-18(16)24-11-14-3-4-14/h5-10,12,14H,3-4,11,25H2,1-2H3. The fourth-order valence-corrected chi connectivity index (χ4v) is 3.19. The highest BCUT2D eigenvalue weighted by molar-refractivity contribution is 7.27. The van der Waals surface area contributed by atoms with Crippen molar-refractivity contribution < 1.29 is 4.74 Å². The van der Waals surface area contributed by atoms with E-state index in [2.05, 4.69) is 50.4 Å². The SMILES string of the molecule is Cc1ccnc(-c2ncn(C)c2-c2ccc(P)cc2OCC2CC2)c1. The number of aromatic nitrogens is 3. The lowest BCUT2D eigenvalue weighted by molar-refractivity contribution is 0.301. The van der Waals surface area contributed by atoms with Crippen molar-refractivity contribution in [3.63, 3.8) is 0 Å². The molecule has 0 N–H and O–H groups in total. The molecule has 4 rings (SSSR count). The van der Waals surface area contributed by atoms with Crippen LogP contribution in [0.3, 0.4) is 0 Å². The molecule has 2 heterocycles. The Morgan fingerprint density at radius 2 is 2.04 bits per heavy atom. The second-order valence-electron chi connectivity index (χ2n) is 6.78. The van der Waals surface area contributed by atoms with Crippen LogP contribution in [0.15, 0.2) is 42.9 Å². The van der Waals surface area contributed by atoms with E-state index in [1.54, 1.807) is 0 Å². The number of ether oxygens (including phenoxy) is 1. The van der Waals surface area contributed by atoms with Gasteiger partial charge in [0, 0.05) is 18.8 Å². The van der Waals surface area contributed by atoms with E-state index in [-0.39, 0.29) is 0 Å². The highest BCUT2D eigenvalue weighted by Gasteiger charge is 2.24. The second kappa shape index (κ2) is 6.61. The van der Waals surface area contributed by atoms with Gasteiger partial charge >= 0.3 is 0 Å². The van der Waals surface area contributed by atoms with Gasteiger partial charge in [0.05, 0.1) is 24.3 Å². The van der Waals surface area contributed by atoms with Crippen LogP contribution in [0.4, 0.5) is 0 Å². The van der Waals surface area contributed by atoms with Crippen molar-refractivity contribution in [1.82, 2.24) is 14.5 Å². The fraction of sp³-hybridized carbons (Fsp3) is 0.300. The van der Waals surface area contributed by atoms with Gasteiger partial charge in [-0.2, -0.15) is 0 Å². The molecule has 4 nitrogen and oxygen atoms in total. The largest absolute Gasteiger partial charge is 0.493 e. The lowest BCUT2D eigenvalue weighted by Gasteiger charge is -2.14. The minimum Gasteiger partial charge on any atom is -0.493 e. The van der Waals surface area contributed by atoms with Gasteiger partial charge in [-0.05, 0) is 60.8 Å². The van der Waals surface area contributed by atoms with Gasteiger partial charge in [0.2, 0.25) is 0 Å². The first kappa shape index (κ1) is 16.3. The maximum atomic E-state index is 6.16. The topological polar surface area (TPSA) is 39.9 Å². The molecule has 1 fully saturated rings. The molecule has 0 amide bonds. The van der Waals surface area contributed by atoms with Crippen molar-refractivity contribution in [2.45, 2.75) is 19.8 Å². The molecular formula is C20H22N3OP. The minimum absolute atomic E-state index is 0.713. The van der Waals surface area contributed by atoms with Crippen molar-refractivity contribution in [3.05, 3.63) is 48.4 Å². The fourth-order valence-electron chi connectivity index (χ4n) is 2.95. The average molecular weight is 351 g/mol. The zero-order valence-electron chi connectivity index (χ0n) is 14.6. The summed E-state index contributed by atoms with van der Waals surface area (Å²) in [6.45, 7) is 2.86. The summed E-state index contributed by atoms with van der Waals surface area (Å²) in [5, 5.41) is 1.12. The first-order chi connectivity index (χ1) is 12.1. The number of benzene rings is 1. The second-order valence-corrected chi connectivity index (χ2v) is 7.45. The van der Waals surface area contributed by atoms with Crippen molar-refractivity contribution in [1.29, 1.82) is 0 Å². The third-order valence-corrected chi connectivity index (χ3v) is 4.89. The van der Waals surface area contributed by atoms with Gasteiger partial charge < -0.3 is 9.30 Å². The molecule has 0 bridgehead atoms. The third kappa shape index (κ3) is 3.45. The van der Waals surface area contributed by atoms with E-state index in [4.69, 9.17) is 4.74 Å². The van der Waals surface area contributed by atoms with Crippen LogP contribution in [0, 0.1) is 12.8 Å². The molecule has 2 aromatic heterocycles. The summed E-state index contributed by atoms with van der Waals surface area (Å²) in [6.07, 6.45) is 6.23. The normalized spacial score (nSPS) is 13.9. The summed E-state index contributed by atoms with van der Waals surface area (Å²) < 4.78 is 8.20. The molecule has 1 unspecified atom stereocenters. The number of pyridine rings is 1. The monoisotopic (exact) mass is 351 g/mol. The molecule has 3 aromatic rings. The van der Waals surface area contributed by atoms with E-state index in [0.29, 0.717) is 5.92 Å². The first-order valence-corrected chi connectivity index (χ1v) is 9.16. The number of hydrogen-bond donors (Lipinski definition) is 0. The van der Waals surface area contributed by atoms with Gasteiger partial charge in [-0.25, -0.2) is 4.98 Å². The van der Waals surface area contributed by atoms with E-state index in [1.807, 2.05) is 30.2 Å². The molecule has 0 saturated heterocycles. The smallest absolute Gasteiger partial charge is 0.129 e. The van der Waals surface area contributed by atoms with Crippen LogP contribution in [0.25, 0.3) is 22.6 Å². The third-order valence-electron chi connectivity index (χ3n) is 4.53. The van der Waals surface area contributed by atoms with Crippen LogP contribution in [0.2, 0.25) is 0 Å². The Morgan fingerprint density at radius 1 is 1.20 bits per heavy atom. The van der Waals surface area contributed by atoms with Crippen molar-refractivity contribution in [3.8, 4) is 28.4 Å². The Hall–Kier alpha value is -2.19. The molecule has 128 valence electrons. The van der Waals surface area contributed by atoms with Gasteiger partial charge in [-0.3, -0.25) is 4.98 Å². The number of nitrogens with zero attached hydrogens (tertiary/aromatic N) is 3. The van der Waals surface area contributed by atoms with Crippen LogP contribution in [0.1, 0.15) is 18.4 Å². The van der Waals surface area contributed by atoms with Gasteiger partial charge in [0.15, 0.2) is 0 Å². The summed E-state index contributed by atoms with van der Waals surface area (Å²) in [5.74, 6) is 1.63. The van der Waals surface area contributed by atoms with Crippen LogP contribution in [-0.2, 0) is 7.05 Å². The van der Waals surface area contributed by atoms with E-state index in [1.165, 1.54) is 18.4 Å². The van der Waals surface area contributed by atoms with E-state index >= 15 is 0 Å². The Bertz CT molecular complexity index is 915. The molecule has 25 heavy (non-hydrogen) atoms. The van der Waals surface area contributed by atoms with E-state index in [0.717, 1.165) is 40.3 Å². The Labute approximate surface area is 150 Å². The Balaban J connectivity index is 1.80. The molecule has 1 aliphatic carbocycles.